The van der Waals surface area contributed by atoms with Gasteiger partial charge < -0.3 is 19.5 Å². The minimum absolute atomic E-state index is 0.0429. The van der Waals surface area contributed by atoms with Gasteiger partial charge in [0.25, 0.3) is 5.91 Å². The molecule has 1 atom stereocenters. The van der Waals surface area contributed by atoms with Gasteiger partial charge in [-0.25, -0.2) is 0 Å². The first-order valence-electron chi connectivity index (χ1n) is 11.8. The van der Waals surface area contributed by atoms with Gasteiger partial charge in [-0.3, -0.25) is 14.5 Å². The van der Waals surface area contributed by atoms with E-state index in [-0.39, 0.29) is 24.4 Å². The van der Waals surface area contributed by atoms with Crippen molar-refractivity contribution in [3.8, 4) is 10.4 Å². The molecular formula is C26H30N4O3S. The van der Waals surface area contributed by atoms with E-state index in [1.807, 2.05) is 42.2 Å². The van der Waals surface area contributed by atoms with Crippen LogP contribution in [0.4, 0.5) is 5.00 Å². The molecule has 0 radical (unpaired) electrons. The second-order valence-electron chi connectivity index (χ2n) is 8.85. The standard InChI is InChI=1S/C26H30N4O3S/c1-18-23(26(32)29-13-15-33-16-14-29)25(34-24(18)20-7-4-3-5-8-20)27-22(31)17-30-12-11-28-10-6-9-21(28)19(30)2/h3-10,19H,11-17H2,1-2H3,(H,27,31)/t19-/m1/s1. The van der Waals surface area contributed by atoms with Crippen LogP contribution in [0.25, 0.3) is 10.4 Å². The maximum Gasteiger partial charge on any atom is 0.257 e. The Hall–Kier alpha value is -2.94. The molecule has 1 N–H and O–H groups in total. The van der Waals surface area contributed by atoms with Crippen LogP contribution in [0.2, 0.25) is 0 Å². The van der Waals surface area contributed by atoms with E-state index in [1.54, 1.807) is 0 Å². The van der Waals surface area contributed by atoms with Gasteiger partial charge in [0.1, 0.15) is 5.00 Å². The molecule has 0 bridgehead atoms. The average Bonchev–Trinajstić information content (AvgIpc) is 3.46. The normalized spacial score (nSPS) is 18.5. The molecule has 3 aromatic rings. The molecule has 2 amide bonds. The second-order valence-corrected chi connectivity index (χ2v) is 9.87. The lowest BCUT2D eigenvalue weighted by Crippen LogP contribution is -2.42. The molecule has 2 aliphatic heterocycles. The minimum atomic E-state index is -0.0938. The molecule has 178 valence electrons. The van der Waals surface area contributed by atoms with Crippen LogP contribution in [0.3, 0.4) is 0 Å². The number of nitrogens with zero attached hydrogens (tertiary/aromatic N) is 3. The second kappa shape index (κ2) is 9.74. The van der Waals surface area contributed by atoms with Crippen molar-refractivity contribution in [2.75, 3.05) is 44.7 Å². The van der Waals surface area contributed by atoms with E-state index in [2.05, 4.69) is 40.0 Å². The minimum Gasteiger partial charge on any atom is -0.378 e. The Bertz CT molecular complexity index is 1180. The van der Waals surface area contributed by atoms with Crippen molar-refractivity contribution in [2.24, 2.45) is 0 Å². The molecule has 2 aliphatic rings. The molecule has 4 heterocycles. The van der Waals surface area contributed by atoms with E-state index in [1.165, 1.54) is 17.0 Å². The highest BCUT2D eigenvalue weighted by atomic mass is 32.1. The highest BCUT2D eigenvalue weighted by molar-refractivity contribution is 7.20. The molecular weight excluding hydrogens is 448 g/mol. The van der Waals surface area contributed by atoms with Crippen LogP contribution in [-0.4, -0.2) is 65.6 Å². The van der Waals surface area contributed by atoms with Crippen LogP contribution in [0.1, 0.15) is 34.6 Å². The summed E-state index contributed by atoms with van der Waals surface area (Å²) >= 11 is 1.48. The number of nitrogens with one attached hydrogen (secondary N) is 1. The topological polar surface area (TPSA) is 66.8 Å². The SMILES string of the molecule is Cc1c(-c2ccccc2)sc(NC(=O)CN2CCn3cccc3[C@H]2C)c1C(=O)N1CCOCC1. The van der Waals surface area contributed by atoms with Crippen LogP contribution in [-0.2, 0) is 16.1 Å². The van der Waals surface area contributed by atoms with Crippen molar-refractivity contribution in [3.63, 3.8) is 0 Å². The number of carbonyl (C=O) groups is 2. The van der Waals surface area contributed by atoms with Gasteiger partial charge in [0.05, 0.1) is 25.3 Å². The van der Waals surface area contributed by atoms with Gasteiger partial charge in [-0.15, -0.1) is 11.3 Å². The Morgan fingerprint density at radius 2 is 1.82 bits per heavy atom. The van der Waals surface area contributed by atoms with Crippen LogP contribution >= 0.6 is 11.3 Å². The maximum absolute atomic E-state index is 13.5. The summed E-state index contributed by atoms with van der Waals surface area (Å²) in [7, 11) is 0. The van der Waals surface area contributed by atoms with E-state index in [0.717, 1.165) is 29.1 Å². The number of morpholine rings is 1. The Kier molecular flexibility index (Phi) is 6.54. The summed E-state index contributed by atoms with van der Waals surface area (Å²) in [5.41, 5.74) is 3.78. The van der Waals surface area contributed by atoms with Gasteiger partial charge in [0.2, 0.25) is 5.91 Å². The zero-order valence-electron chi connectivity index (χ0n) is 19.6. The molecule has 1 saturated heterocycles. The third-order valence-corrected chi connectivity index (χ3v) is 8.02. The molecule has 0 saturated carbocycles. The summed E-state index contributed by atoms with van der Waals surface area (Å²) in [6.45, 7) is 8.28. The number of benzene rings is 1. The fraction of sp³-hybridized carbons (Fsp3) is 0.385. The van der Waals surface area contributed by atoms with Crippen molar-refractivity contribution in [2.45, 2.75) is 26.4 Å². The van der Waals surface area contributed by atoms with Gasteiger partial charge in [0, 0.05) is 49.0 Å². The summed E-state index contributed by atoms with van der Waals surface area (Å²) in [4.78, 5) is 31.7. The number of aromatic nitrogens is 1. The van der Waals surface area contributed by atoms with Crippen molar-refractivity contribution in [1.82, 2.24) is 14.4 Å². The number of rotatable bonds is 5. The number of hydrogen-bond donors (Lipinski definition) is 1. The van der Waals surface area contributed by atoms with Crippen molar-refractivity contribution in [1.29, 1.82) is 0 Å². The molecule has 8 heteroatoms. The van der Waals surface area contributed by atoms with E-state index in [4.69, 9.17) is 4.74 Å². The number of hydrogen-bond acceptors (Lipinski definition) is 5. The third-order valence-electron chi connectivity index (χ3n) is 6.76. The van der Waals surface area contributed by atoms with E-state index < -0.39 is 0 Å². The van der Waals surface area contributed by atoms with E-state index in [0.29, 0.717) is 36.9 Å². The molecule has 1 fully saturated rings. The highest BCUT2D eigenvalue weighted by Gasteiger charge is 2.29. The van der Waals surface area contributed by atoms with Crippen molar-refractivity contribution in [3.05, 3.63) is 65.5 Å². The van der Waals surface area contributed by atoms with E-state index >= 15 is 0 Å². The summed E-state index contributed by atoms with van der Waals surface area (Å²) in [5.74, 6) is -0.137. The first-order chi connectivity index (χ1) is 16.5. The quantitative estimate of drug-likeness (QED) is 0.602. The highest BCUT2D eigenvalue weighted by Crippen LogP contribution is 2.40. The largest absolute Gasteiger partial charge is 0.378 e. The van der Waals surface area contributed by atoms with Crippen LogP contribution in [0, 0.1) is 6.92 Å². The number of anilines is 1. The fourth-order valence-electron chi connectivity index (χ4n) is 4.84. The number of ether oxygens (including phenoxy) is 1. The Morgan fingerprint density at radius 1 is 1.06 bits per heavy atom. The third kappa shape index (κ3) is 4.41. The molecule has 0 spiro atoms. The Morgan fingerprint density at radius 3 is 2.59 bits per heavy atom. The zero-order valence-corrected chi connectivity index (χ0v) is 20.4. The lowest BCUT2D eigenvalue weighted by molar-refractivity contribution is -0.118. The molecule has 5 rings (SSSR count). The monoisotopic (exact) mass is 478 g/mol. The Labute approximate surface area is 203 Å². The lowest BCUT2D eigenvalue weighted by Gasteiger charge is -2.34. The van der Waals surface area contributed by atoms with Gasteiger partial charge in [0.15, 0.2) is 0 Å². The predicted molar refractivity (Wildman–Crippen MR) is 134 cm³/mol. The lowest BCUT2D eigenvalue weighted by atomic mass is 10.1. The molecule has 0 aliphatic carbocycles. The fourth-order valence-corrected chi connectivity index (χ4v) is 6.06. The van der Waals surface area contributed by atoms with Gasteiger partial charge >= 0.3 is 0 Å². The van der Waals surface area contributed by atoms with Crippen LogP contribution < -0.4 is 5.32 Å². The summed E-state index contributed by atoms with van der Waals surface area (Å²) in [5, 5.41) is 3.73. The zero-order chi connectivity index (χ0) is 23.7. The number of carbonyl (C=O) groups excluding carboxylic acids is 2. The smallest absolute Gasteiger partial charge is 0.257 e. The summed E-state index contributed by atoms with van der Waals surface area (Å²) in [6, 6.07) is 14.4. The molecule has 0 unspecified atom stereocenters. The predicted octanol–water partition coefficient (Wildman–Crippen LogP) is 4.01. The summed E-state index contributed by atoms with van der Waals surface area (Å²) in [6.07, 6.45) is 2.09. The Balaban J connectivity index is 1.40. The summed E-state index contributed by atoms with van der Waals surface area (Å²) < 4.78 is 7.67. The maximum atomic E-state index is 13.5. The molecule has 1 aromatic carbocycles. The van der Waals surface area contributed by atoms with Crippen LogP contribution in [0.15, 0.2) is 48.7 Å². The first kappa shape index (κ1) is 22.8. The van der Waals surface area contributed by atoms with Gasteiger partial charge in [-0.05, 0) is 37.1 Å². The first-order valence-corrected chi connectivity index (χ1v) is 12.6. The number of amides is 2. The average molecular weight is 479 g/mol. The number of fused-ring (bicyclic) bond motifs is 1. The van der Waals surface area contributed by atoms with Crippen molar-refractivity contribution < 1.29 is 14.3 Å². The van der Waals surface area contributed by atoms with E-state index in [9.17, 15) is 9.59 Å². The van der Waals surface area contributed by atoms with Gasteiger partial charge in [-0.2, -0.15) is 0 Å². The van der Waals surface area contributed by atoms with Crippen molar-refractivity contribution >= 4 is 28.2 Å². The molecule has 7 nitrogen and oxygen atoms in total. The molecule has 2 aromatic heterocycles. The molecule has 34 heavy (non-hydrogen) atoms. The van der Waals surface area contributed by atoms with Crippen LogP contribution in [0.5, 0.6) is 0 Å². The van der Waals surface area contributed by atoms with Gasteiger partial charge in [-0.1, -0.05) is 30.3 Å². The number of thiophene rings is 1.